The average Bonchev–Trinajstić information content (AvgIpc) is 2.60. The Morgan fingerprint density at radius 3 is 2.72 bits per heavy atom. The van der Waals surface area contributed by atoms with E-state index in [0.717, 1.165) is 28.4 Å². The van der Waals surface area contributed by atoms with Gasteiger partial charge in [0.25, 0.3) is 0 Å². The molecular weight excluding hydrogens is 314 g/mol. The molecule has 98 valence electrons. The lowest BCUT2D eigenvalue weighted by Gasteiger charge is -2.20. The molecule has 2 nitrogen and oxygen atoms in total. The zero-order chi connectivity index (χ0) is 13.3. The van der Waals surface area contributed by atoms with E-state index >= 15 is 0 Å². The van der Waals surface area contributed by atoms with Gasteiger partial charge in [-0.05, 0) is 51.4 Å². The maximum Gasteiger partial charge on any atom is 0.152 e. The van der Waals surface area contributed by atoms with E-state index in [0.29, 0.717) is 5.02 Å². The number of rotatable bonds is 3. The van der Waals surface area contributed by atoms with Gasteiger partial charge < -0.3 is 9.73 Å². The summed E-state index contributed by atoms with van der Waals surface area (Å²) >= 11 is 9.60. The highest BCUT2D eigenvalue weighted by molar-refractivity contribution is 9.10. The van der Waals surface area contributed by atoms with Crippen LogP contribution in [0.5, 0.6) is 0 Å². The van der Waals surface area contributed by atoms with Crippen LogP contribution in [0.4, 0.5) is 0 Å². The summed E-state index contributed by atoms with van der Waals surface area (Å²) in [4.78, 5) is 0. The first-order chi connectivity index (χ1) is 8.37. The van der Waals surface area contributed by atoms with Crippen molar-refractivity contribution in [3.63, 3.8) is 0 Å². The van der Waals surface area contributed by atoms with Gasteiger partial charge in [0.15, 0.2) is 5.58 Å². The van der Waals surface area contributed by atoms with Crippen molar-refractivity contribution in [3.05, 3.63) is 33.5 Å². The van der Waals surface area contributed by atoms with Gasteiger partial charge in [-0.3, -0.25) is 0 Å². The van der Waals surface area contributed by atoms with Crippen molar-refractivity contribution in [1.82, 2.24) is 5.32 Å². The molecule has 2 aromatic rings. The van der Waals surface area contributed by atoms with Crippen molar-refractivity contribution < 1.29 is 4.42 Å². The first-order valence-corrected chi connectivity index (χ1v) is 7.14. The van der Waals surface area contributed by atoms with E-state index in [1.807, 2.05) is 6.07 Å². The molecule has 0 fully saturated rings. The Balaban J connectivity index is 2.19. The van der Waals surface area contributed by atoms with Crippen LogP contribution in [0.3, 0.4) is 0 Å². The summed E-state index contributed by atoms with van der Waals surface area (Å²) < 4.78 is 6.52. The fourth-order valence-corrected chi connectivity index (χ4v) is 2.73. The summed E-state index contributed by atoms with van der Waals surface area (Å²) in [5.41, 5.74) is 2.09. The van der Waals surface area contributed by atoms with Crippen LogP contribution in [0.15, 0.2) is 27.3 Å². The molecule has 0 bridgehead atoms. The van der Waals surface area contributed by atoms with Crippen LogP contribution in [-0.2, 0) is 6.42 Å². The van der Waals surface area contributed by atoms with Gasteiger partial charge in [-0.15, -0.1) is 0 Å². The van der Waals surface area contributed by atoms with Crippen LogP contribution in [-0.4, -0.2) is 12.1 Å². The highest BCUT2D eigenvalue weighted by Crippen LogP contribution is 2.31. The van der Waals surface area contributed by atoms with Crippen molar-refractivity contribution in [2.45, 2.75) is 32.7 Å². The van der Waals surface area contributed by atoms with Crippen LogP contribution in [0, 0.1) is 0 Å². The molecule has 0 aliphatic rings. The summed E-state index contributed by atoms with van der Waals surface area (Å²) in [7, 11) is 0. The molecule has 0 amide bonds. The molecule has 1 N–H and O–H groups in total. The maximum absolute atomic E-state index is 6.14. The number of fused-ring (bicyclic) bond motifs is 1. The maximum atomic E-state index is 6.14. The quantitative estimate of drug-likeness (QED) is 0.876. The van der Waals surface area contributed by atoms with Gasteiger partial charge in [0, 0.05) is 15.4 Å². The van der Waals surface area contributed by atoms with E-state index in [9.17, 15) is 0 Å². The van der Waals surface area contributed by atoms with Gasteiger partial charge in [-0.2, -0.15) is 0 Å². The summed E-state index contributed by atoms with van der Waals surface area (Å²) in [5.74, 6) is 0. The van der Waals surface area contributed by atoms with Gasteiger partial charge in [0.1, 0.15) is 0 Å². The molecule has 18 heavy (non-hydrogen) atoms. The summed E-state index contributed by atoms with van der Waals surface area (Å²) in [6, 6.07) is 3.90. The number of hydrogen-bond acceptors (Lipinski definition) is 2. The summed E-state index contributed by atoms with van der Waals surface area (Å²) in [5, 5.41) is 5.20. The molecule has 4 heteroatoms. The molecule has 0 radical (unpaired) electrons. The standard InChI is InChI=1S/C14H17BrClNO/c1-14(2,3)17-5-4-9-8-18-13-11(9)6-10(15)7-12(13)16/h6-8,17H,4-5H2,1-3H3. The third-order valence-electron chi connectivity index (χ3n) is 2.72. The van der Waals surface area contributed by atoms with Gasteiger partial charge in [-0.1, -0.05) is 27.5 Å². The molecule has 2 rings (SSSR count). The van der Waals surface area contributed by atoms with Gasteiger partial charge >= 0.3 is 0 Å². The third-order valence-corrected chi connectivity index (χ3v) is 3.46. The second-order valence-electron chi connectivity index (χ2n) is 5.45. The Hall–Kier alpha value is -0.510. The monoisotopic (exact) mass is 329 g/mol. The molecule has 0 spiro atoms. The van der Waals surface area contributed by atoms with E-state index in [1.165, 1.54) is 5.56 Å². The van der Waals surface area contributed by atoms with Crippen molar-refractivity contribution in [2.24, 2.45) is 0 Å². The smallest absolute Gasteiger partial charge is 0.152 e. The van der Waals surface area contributed by atoms with Crippen molar-refractivity contribution in [1.29, 1.82) is 0 Å². The number of nitrogens with one attached hydrogen (secondary N) is 1. The number of halogens is 2. The number of furan rings is 1. The fourth-order valence-electron chi connectivity index (χ4n) is 1.88. The minimum Gasteiger partial charge on any atom is -0.462 e. The second kappa shape index (κ2) is 5.24. The first-order valence-electron chi connectivity index (χ1n) is 5.97. The Labute approximate surface area is 121 Å². The number of hydrogen-bond donors (Lipinski definition) is 1. The largest absolute Gasteiger partial charge is 0.462 e. The van der Waals surface area contributed by atoms with E-state index in [1.54, 1.807) is 6.26 Å². The predicted octanol–water partition coefficient (Wildman–Crippen LogP) is 4.78. The van der Waals surface area contributed by atoms with Crippen molar-refractivity contribution >= 4 is 38.5 Å². The second-order valence-corrected chi connectivity index (χ2v) is 6.77. The molecule has 1 aromatic carbocycles. The van der Waals surface area contributed by atoms with Crippen LogP contribution in [0.1, 0.15) is 26.3 Å². The van der Waals surface area contributed by atoms with Crippen LogP contribution in [0.2, 0.25) is 5.02 Å². The molecule has 0 saturated heterocycles. The molecule has 0 aliphatic heterocycles. The minimum atomic E-state index is 0.137. The topological polar surface area (TPSA) is 25.2 Å². The van der Waals surface area contributed by atoms with Crippen LogP contribution < -0.4 is 5.32 Å². The molecular formula is C14H17BrClNO. The molecule has 1 aromatic heterocycles. The summed E-state index contributed by atoms with van der Waals surface area (Å²) in [6.45, 7) is 7.40. The van der Waals surface area contributed by atoms with Crippen LogP contribution in [0.25, 0.3) is 11.0 Å². The third kappa shape index (κ3) is 3.28. The van der Waals surface area contributed by atoms with E-state index in [4.69, 9.17) is 16.0 Å². The van der Waals surface area contributed by atoms with Crippen molar-refractivity contribution in [2.75, 3.05) is 6.54 Å². The van der Waals surface area contributed by atoms with Gasteiger partial charge in [0.2, 0.25) is 0 Å². The lowest BCUT2D eigenvalue weighted by atomic mass is 10.1. The van der Waals surface area contributed by atoms with Gasteiger partial charge in [-0.25, -0.2) is 0 Å². The molecule has 0 aliphatic carbocycles. The Bertz CT molecular complexity index is 557. The molecule has 1 heterocycles. The Morgan fingerprint density at radius 1 is 1.33 bits per heavy atom. The highest BCUT2D eigenvalue weighted by Gasteiger charge is 2.12. The van der Waals surface area contributed by atoms with E-state index in [2.05, 4.69) is 48.1 Å². The molecule has 0 saturated carbocycles. The van der Waals surface area contributed by atoms with Crippen molar-refractivity contribution in [3.8, 4) is 0 Å². The normalized spacial score (nSPS) is 12.3. The fraction of sp³-hybridized carbons (Fsp3) is 0.429. The lowest BCUT2D eigenvalue weighted by molar-refractivity contribution is 0.429. The zero-order valence-electron chi connectivity index (χ0n) is 10.8. The first kappa shape index (κ1) is 13.9. The zero-order valence-corrected chi connectivity index (χ0v) is 13.2. The van der Waals surface area contributed by atoms with Crippen LogP contribution >= 0.6 is 27.5 Å². The average molecular weight is 331 g/mol. The molecule has 0 atom stereocenters. The highest BCUT2D eigenvalue weighted by atomic mass is 79.9. The number of benzene rings is 1. The molecule has 0 unspecified atom stereocenters. The minimum absolute atomic E-state index is 0.137. The Morgan fingerprint density at radius 2 is 2.06 bits per heavy atom. The SMILES string of the molecule is CC(C)(C)NCCc1coc2c(Cl)cc(Br)cc12. The lowest BCUT2D eigenvalue weighted by Crippen LogP contribution is -2.37. The van der Waals surface area contributed by atoms with E-state index in [-0.39, 0.29) is 5.54 Å². The van der Waals surface area contributed by atoms with E-state index < -0.39 is 0 Å². The van der Waals surface area contributed by atoms with Gasteiger partial charge in [0.05, 0.1) is 11.3 Å². The summed E-state index contributed by atoms with van der Waals surface area (Å²) in [6.07, 6.45) is 2.73. The predicted molar refractivity (Wildman–Crippen MR) is 80.4 cm³/mol. The Kier molecular flexibility index (Phi) is 4.05.